The van der Waals surface area contributed by atoms with E-state index in [1.165, 1.54) is 5.56 Å². The summed E-state index contributed by atoms with van der Waals surface area (Å²) in [7, 11) is 0. The van der Waals surface area contributed by atoms with Gasteiger partial charge in [0.1, 0.15) is 6.10 Å². The molecule has 0 aliphatic carbocycles. The van der Waals surface area contributed by atoms with Crippen LogP contribution < -0.4 is 0 Å². The van der Waals surface area contributed by atoms with Crippen molar-refractivity contribution in [1.29, 1.82) is 5.26 Å². The van der Waals surface area contributed by atoms with E-state index in [1.807, 2.05) is 25.1 Å². The lowest BCUT2D eigenvalue weighted by molar-refractivity contribution is 0.0956. The summed E-state index contributed by atoms with van der Waals surface area (Å²) in [4.78, 5) is 0. The van der Waals surface area contributed by atoms with Crippen molar-refractivity contribution >= 4 is 0 Å². The molecular formula is C12H15NO. The van der Waals surface area contributed by atoms with Crippen LogP contribution in [0.15, 0.2) is 30.3 Å². The fraction of sp³-hybridized carbons (Fsp3) is 0.417. The Morgan fingerprint density at radius 2 is 2.07 bits per heavy atom. The van der Waals surface area contributed by atoms with E-state index >= 15 is 0 Å². The van der Waals surface area contributed by atoms with Crippen LogP contribution in [0.1, 0.15) is 18.9 Å². The second-order valence-electron chi connectivity index (χ2n) is 3.10. The van der Waals surface area contributed by atoms with Gasteiger partial charge in [0.15, 0.2) is 0 Å². The molecule has 0 spiro atoms. The van der Waals surface area contributed by atoms with Gasteiger partial charge in [0.05, 0.1) is 6.07 Å². The van der Waals surface area contributed by atoms with Crippen molar-refractivity contribution in [3.05, 3.63) is 35.9 Å². The SMILES string of the molecule is CCOC(C#N)CCc1ccccc1. The van der Waals surface area contributed by atoms with Gasteiger partial charge in [-0.2, -0.15) is 5.26 Å². The van der Waals surface area contributed by atoms with Crippen LogP contribution in [0, 0.1) is 11.3 Å². The van der Waals surface area contributed by atoms with Gasteiger partial charge in [-0.25, -0.2) is 0 Å². The van der Waals surface area contributed by atoms with E-state index in [4.69, 9.17) is 10.00 Å². The zero-order valence-corrected chi connectivity index (χ0v) is 8.44. The van der Waals surface area contributed by atoms with Gasteiger partial charge in [-0.3, -0.25) is 0 Å². The van der Waals surface area contributed by atoms with E-state index in [2.05, 4.69) is 18.2 Å². The molecule has 1 aromatic rings. The molecule has 1 atom stereocenters. The number of hydrogen-bond donors (Lipinski definition) is 0. The Hall–Kier alpha value is -1.33. The quantitative estimate of drug-likeness (QED) is 0.713. The summed E-state index contributed by atoms with van der Waals surface area (Å²) >= 11 is 0. The smallest absolute Gasteiger partial charge is 0.144 e. The molecule has 0 aliphatic heterocycles. The van der Waals surface area contributed by atoms with Gasteiger partial charge in [-0.05, 0) is 25.3 Å². The first-order valence-corrected chi connectivity index (χ1v) is 4.92. The first kappa shape index (κ1) is 10.7. The molecule has 1 unspecified atom stereocenters. The van der Waals surface area contributed by atoms with Crippen LogP contribution in [0.25, 0.3) is 0 Å². The van der Waals surface area contributed by atoms with Crippen LogP contribution in [-0.2, 0) is 11.2 Å². The molecule has 0 radical (unpaired) electrons. The molecule has 0 amide bonds. The maximum atomic E-state index is 8.76. The number of rotatable bonds is 5. The summed E-state index contributed by atoms with van der Waals surface area (Å²) in [6.45, 7) is 2.51. The average Bonchev–Trinajstić information content (AvgIpc) is 2.25. The van der Waals surface area contributed by atoms with Crippen LogP contribution in [-0.4, -0.2) is 12.7 Å². The van der Waals surface area contributed by atoms with Crippen molar-refractivity contribution in [3.8, 4) is 6.07 Å². The minimum Gasteiger partial charge on any atom is -0.364 e. The van der Waals surface area contributed by atoms with Crippen molar-refractivity contribution in [2.45, 2.75) is 25.9 Å². The van der Waals surface area contributed by atoms with Crippen LogP contribution in [0.2, 0.25) is 0 Å². The van der Waals surface area contributed by atoms with Gasteiger partial charge in [0.25, 0.3) is 0 Å². The fourth-order valence-corrected chi connectivity index (χ4v) is 1.33. The minimum atomic E-state index is -0.264. The third-order valence-corrected chi connectivity index (χ3v) is 2.05. The van der Waals surface area contributed by atoms with Gasteiger partial charge in [0, 0.05) is 6.61 Å². The normalized spacial score (nSPS) is 12.0. The van der Waals surface area contributed by atoms with Crippen LogP contribution in [0.4, 0.5) is 0 Å². The van der Waals surface area contributed by atoms with Crippen LogP contribution in [0.5, 0.6) is 0 Å². The van der Waals surface area contributed by atoms with Crippen molar-refractivity contribution in [1.82, 2.24) is 0 Å². The number of ether oxygens (including phenoxy) is 1. The van der Waals surface area contributed by atoms with Gasteiger partial charge >= 0.3 is 0 Å². The van der Waals surface area contributed by atoms with Crippen molar-refractivity contribution < 1.29 is 4.74 Å². The average molecular weight is 189 g/mol. The zero-order chi connectivity index (χ0) is 10.2. The molecule has 0 bridgehead atoms. The molecule has 2 heteroatoms. The number of hydrogen-bond acceptors (Lipinski definition) is 2. The number of benzene rings is 1. The lowest BCUT2D eigenvalue weighted by Crippen LogP contribution is -2.11. The summed E-state index contributed by atoms with van der Waals surface area (Å²) in [5, 5.41) is 8.76. The maximum Gasteiger partial charge on any atom is 0.144 e. The lowest BCUT2D eigenvalue weighted by atomic mass is 10.1. The van der Waals surface area contributed by atoms with Gasteiger partial charge < -0.3 is 4.74 Å². The Kier molecular flexibility index (Phi) is 4.74. The van der Waals surface area contributed by atoms with Crippen LogP contribution in [0.3, 0.4) is 0 Å². The van der Waals surface area contributed by atoms with E-state index in [1.54, 1.807) is 0 Å². The Morgan fingerprint density at radius 3 is 2.64 bits per heavy atom. The monoisotopic (exact) mass is 189 g/mol. The summed E-state index contributed by atoms with van der Waals surface area (Å²) in [5.74, 6) is 0. The van der Waals surface area contributed by atoms with E-state index in [-0.39, 0.29) is 6.10 Å². The molecule has 0 N–H and O–H groups in total. The van der Waals surface area contributed by atoms with Gasteiger partial charge in [0.2, 0.25) is 0 Å². The van der Waals surface area contributed by atoms with E-state index in [9.17, 15) is 0 Å². The molecule has 0 aromatic heterocycles. The van der Waals surface area contributed by atoms with Crippen molar-refractivity contribution in [2.75, 3.05) is 6.61 Å². The molecular weight excluding hydrogens is 174 g/mol. The van der Waals surface area contributed by atoms with Gasteiger partial charge in [-0.15, -0.1) is 0 Å². The first-order valence-electron chi connectivity index (χ1n) is 4.92. The Bertz CT molecular complexity index is 289. The lowest BCUT2D eigenvalue weighted by Gasteiger charge is -2.08. The van der Waals surface area contributed by atoms with E-state index < -0.39 is 0 Å². The van der Waals surface area contributed by atoms with E-state index in [0.29, 0.717) is 6.61 Å². The van der Waals surface area contributed by atoms with Crippen LogP contribution >= 0.6 is 0 Å². The number of aryl methyl sites for hydroxylation is 1. The molecule has 0 saturated heterocycles. The molecule has 74 valence electrons. The highest BCUT2D eigenvalue weighted by Crippen LogP contribution is 2.06. The fourth-order valence-electron chi connectivity index (χ4n) is 1.33. The van der Waals surface area contributed by atoms with Gasteiger partial charge in [-0.1, -0.05) is 30.3 Å². The summed E-state index contributed by atoms with van der Waals surface area (Å²) < 4.78 is 5.25. The summed E-state index contributed by atoms with van der Waals surface area (Å²) in [6, 6.07) is 12.3. The third-order valence-electron chi connectivity index (χ3n) is 2.05. The molecule has 1 rings (SSSR count). The summed E-state index contributed by atoms with van der Waals surface area (Å²) in [6.07, 6.45) is 1.41. The Labute approximate surface area is 85.1 Å². The molecule has 0 fully saturated rings. The summed E-state index contributed by atoms with van der Waals surface area (Å²) in [5.41, 5.74) is 1.26. The van der Waals surface area contributed by atoms with Crippen molar-refractivity contribution in [3.63, 3.8) is 0 Å². The van der Waals surface area contributed by atoms with Crippen molar-refractivity contribution in [2.24, 2.45) is 0 Å². The predicted molar refractivity (Wildman–Crippen MR) is 55.8 cm³/mol. The maximum absolute atomic E-state index is 8.76. The third kappa shape index (κ3) is 3.59. The number of nitrogens with zero attached hydrogens (tertiary/aromatic N) is 1. The molecule has 14 heavy (non-hydrogen) atoms. The molecule has 0 aliphatic rings. The largest absolute Gasteiger partial charge is 0.364 e. The molecule has 0 saturated carbocycles. The topological polar surface area (TPSA) is 33.0 Å². The standard InChI is InChI=1S/C12H15NO/c1-2-14-12(10-13)9-8-11-6-4-3-5-7-11/h3-7,12H,2,8-9H2,1H3. The van der Waals surface area contributed by atoms with E-state index in [0.717, 1.165) is 12.8 Å². The molecule has 0 heterocycles. The first-order chi connectivity index (χ1) is 6.86. The highest BCUT2D eigenvalue weighted by molar-refractivity contribution is 5.15. The highest BCUT2D eigenvalue weighted by Gasteiger charge is 2.05. The predicted octanol–water partition coefficient (Wildman–Crippen LogP) is 2.55. The minimum absolute atomic E-state index is 0.264. The molecule has 1 aromatic carbocycles. The second kappa shape index (κ2) is 6.17. The second-order valence-corrected chi connectivity index (χ2v) is 3.10. The zero-order valence-electron chi connectivity index (χ0n) is 8.44. The Balaban J connectivity index is 2.37. The molecule has 2 nitrogen and oxygen atoms in total. The highest BCUT2D eigenvalue weighted by atomic mass is 16.5. The Morgan fingerprint density at radius 1 is 1.36 bits per heavy atom. The number of nitriles is 1.